The lowest BCUT2D eigenvalue weighted by atomic mass is 9.52. The van der Waals surface area contributed by atoms with Crippen LogP contribution in [0.4, 0.5) is 0 Å². The normalized spacial score (nSPS) is 22.1. The van der Waals surface area contributed by atoms with Gasteiger partial charge in [-0.15, -0.1) is 23.2 Å². The van der Waals surface area contributed by atoms with E-state index in [1.54, 1.807) is 24.8 Å². The standard InChI is InChI=1S/C24H36B2N2Si.C3H6Cl2/c1-5-27-19-17-23(25(27)21-13-9-7-10-14-21)29(3,4)24-18-20-28(6-2)26(24)22-15-11-8-12-16-22;1-3(2,4)5/h7-16,23-24H,5-6,17-20H2,1-4H3;1-2H3. The summed E-state index contributed by atoms with van der Waals surface area (Å²) in [7, 11) is -1.53. The van der Waals surface area contributed by atoms with Crippen LogP contribution in [0.1, 0.15) is 40.5 Å². The molecular weight excluding hydrogens is 473 g/mol. The van der Waals surface area contributed by atoms with Crippen LogP contribution in [0, 0.1) is 0 Å². The molecule has 2 nitrogen and oxygen atoms in total. The summed E-state index contributed by atoms with van der Waals surface area (Å²) >= 11 is 10.6. The van der Waals surface area contributed by atoms with Crippen LogP contribution in [0.15, 0.2) is 60.7 Å². The average molecular weight is 515 g/mol. The topological polar surface area (TPSA) is 6.48 Å². The zero-order valence-electron chi connectivity index (χ0n) is 22.0. The molecule has 2 heterocycles. The van der Waals surface area contributed by atoms with Crippen molar-refractivity contribution in [1.29, 1.82) is 0 Å². The highest BCUT2D eigenvalue weighted by molar-refractivity contribution is 7.02. The molecule has 0 bridgehead atoms. The van der Waals surface area contributed by atoms with Gasteiger partial charge in [0.05, 0.1) is 0 Å². The molecule has 0 N–H and O–H groups in total. The molecule has 4 rings (SSSR count). The molecule has 0 saturated carbocycles. The van der Waals surface area contributed by atoms with Crippen LogP contribution in [0.5, 0.6) is 0 Å². The first-order chi connectivity index (χ1) is 16.1. The Kier molecular flexibility index (Phi) is 9.85. The molecule has 184 valence electrons. The fraction of sp³-hybridized carbons (Fsp3) is 0.556. The lowest BCUT2D eigenvalue weighted by Crippen LogP contribution is -2.58. The number of hydrogen-bond acceptors (Lipinski definition) is 2. The highest BCUT2D eigenvalue weighted by atomic mass is 35.5. The van der Waals surface area contributed by atoms with E-state index in [0.717, 1.165) is 24.0 Å². The Labute approximate surface area is 220 Å². The van der Waals surface area contributed by atoms with Gasteiger partial charge in [-0.25, -0.2) is 0 Å². The molecule has 2 atom stereocenters. The summed E-state index contributed by atoms with van der Waals surface area (Å²) in [5, 5.41) is 0. The molecule has 0 aromatic heterocycles. The third-order valence-electron chi connectivity index (χ3n) is 8.01. The van der Waals surface area contributed by atoms with Crippen LogP contribution in [-0.4, -0.2) is 61.9 Å². The molecule has 7 heteroatoms. The van der Waals surface area contributed by atoms with Crippen LogP contribution < -0.4 is 10.9 Å². The van der Waals surface area contributed by atoms with Gasteiger partial charge in [-0.2, -0.15) is 0 Å². The number of nitrogens with zero attached hydrogens (tertiary/aromatic N) is 2. The molecule has 0 spiro atoms. The molecule has 2 aromatic carbocycles. The Balaban J connectivity index is 0.000000588. The average Bonchev–Trinajstić information content (AvgIpc) is 3.44. The van der Waals surface area contributed by atoms with Crippen LogP contribution in [0.25, 0.3) is 0 Å². The van der Waals surface area contributed by atoms with Crippen molar-refractivity contribution >= 4 is 55.9 Å². The summed E-state index contributed by atoms with van der Waals surface area (Å²) in [4.78, 5) is 5.50. The Morgan fingerprint density at radius 1 is 0.765 bits per heavy atom. The van der Waals surface area contributed by atoms with Crippen LogP contribution in [-0.2, 0) is 0 Å². The quantitative estimate of drug-likeness (QED) is 0.346. The summed E-state index contributed by atoms with van der Waals surface area (Å²) in [5.41, 5.74) is 4.74. The summed E-state index contributed by atoms with van der Waals surface area (Å²) < 4.78 is -0.556. The highest BCUT2D eigenvalue weighted by Gasteiger charge is 2.55. The summed E-state index contributed by atoms with van der Waals surface area (Å²) in [6, 6.07) is 22.7. The first-order valence-corrected chi connectivity index (χ1v) is 16.9. The first kappa shape index (κ1) is 27.9. The van der Waals surface area contributed by atoms with Crippen LogP contribution >= 0.6 is 23.2 Å². The third kappa shape index (κ3) is 6.73. The van der Waals surface area contributed by atoms with Crippen LogP contribution in [0.2, 0.25) is 24.0 Å². The minimum Gasteiger partial charge on any atom is -0.338 e. The molecule has 0 aliphatic carbocycles. The van der Waals surface area contributed by atoms with Crippen molar-refractivity contribution in [3.63, 3.8) is 0 Å². The number of benzene rings is 2. The lowest BCUT2D eigenvalue weighted by Gasteiger charge is -2.41. The van der Waals surface area contributed by atoms with Crippen molar-refractivity contribution < 1.29 is 0 Å². The molecule has 2 fully saturated rings. The smallest absolute Gasteiger partial charge is 0.258 e. The van der Waals surface area contributed by atoms with Crippen molar-refractivity contribution in [3.05, 3.63) is 60.7 Å². The second-order valence-electron chi connectivity index (χ2n) is 10.9. The van der Waals surface area contributed by atoms with E-state index in [0.29, 0.717) is 13.7 Å². The predicted molar refractivity (Wildman–Crippen MR) is 158 cm³/mol. The summed E-state index contributed by atoms with van der Waals surface area (Å²) in [6.45, 7) is 19.6. The molecular formula is C27H42B2Cl2N2Si. The Morgan fingerprint density at radius 2 is 1.09 bits per heavy atom. The van der Waals surface area contributed by atoms with Gasteiger partial charge in [-0.05, 0) is 63.7 Å². The van der Waals surface area contributed by atoms with Gasteiger partial charge in [-0.1, -0.05) is 98.5 Å². The second kappa shape index (κ2) is 12.0. The van der Waals surface area contributed by atoms with E-state index in [2.05, 4.69) is 97.2 Å². The number of halogens is 2. The maximum atomic E-state index is 5.30. The van der Waals surface area contributed by atoms with E-state index in [1.807, 2.05) is 0 Å². The van der Waals surface area contributed by atoms with E-state index in [9.17, 15) is 0 Å². The van der Waals surface area contributed by atoms with E-state index in [4.69, 9.17) is 23.2 Å². The maximum Gasteiger partial charge on any atom is 0.258 e. The van der Waals surface area contributed by atoms with Gasteiger partial charge in [0.25, 0.3) is 13.7 Å². The van der Waals surface area contributed by atoms with Gasteiger partial charge in [-0.3, -0.25) is 0 Å². The summed E-state index contributed by atoms with van der Waals surface area (Å²) in [5.74, 6) is 0. The lowest BCUT2D eigenvalue weighted by molar-refractivity contribution is 0.495. The van der Waals surface area contributed by atoms with Crippen molar-refractivity contribution in [1.82, 2.24) is 9.62 Å². The number of rotatable bonds is 6. The minimum atomic E-state index is -1.53. The van der Waals surface area contributed by atoms with E-state index < -0.39 is 12.4 Å². The van der Waals surface area contributed by atoms with Gasteiger partial charge in [0.2, 0.25) is 0 Å². The Morgan fingerprint density at radius 3 is 1.38 bits per heavy atom. The molecule has 2 aromatic rings. The monoisotopic (exact) mass is 514 g/mol. The van der Waals surface area contributed by atoms with Gasteiger partial charge in [0.15, 0.2) is 0 Å². The zero-order valence-corrected chi connectivity index (χ0v) is 24.5. The van der Waals surface area contributed by atoms with Crippen molar-refractivity contribution in [2.75, 3.05) is 26.2 Å². The maximum absolute atomic E-state index is 5.30. The molecule has 2 aliphatic heterocycles. The van der Waals surface area contributed by atoms with Gasteiger partial charge < -0.3 is 9.62 Å². The molecule has 34 heavy (non-hydrogen) atoms. The fourth-order valence-corrected chi connectivity index (χ4v) is 11.2. The summed E-state index contributed by atoms with van der Waals surface area (Å²) in [6.07, 6.45) is 2.74. The number of alkyl halides is 2. The van der Waals surface area contributed by atoms with E-state index in [-0.39, 0.29) is 0 Å². The Bertz CT molecular complexity index is 808. The second-order valence-corrected chi connectivity index (χ2v) is 18.1. The van der Waals surface area contributed by atoms with E-state index in [1.165, 1.54) is 25.9 Å². The molecule has 0 radical (unpaired) electrons. The molecule has 2 unspecified atom stereocenters. The van der Waals surface area contributed by atoms with E-state index >= 15 is 0 Å². The minimum absolute atomic E-state index is 0.556. The van der Waals surface area contributed by atoms with Crippen molar-refractivity contribution in [3.8, 4) is 0 Å². The van der Waals surface area contributed by atoms with Gasteiger partial charge >= 0.3 is 0 Å². The molecule has 2 aliphatic rings. The van der Waals surface area contributed by atoms with Gasteiger partial charge in [0, 0.05) is 8.07 Å². The highest BCUT2D eigenvalue weighted by Crippen LogP contribution is 2.46. The Hall–Kier alpha value is -0.713. The number of hydrogen-bond donors (Lipinski definition) is 0. The zero-order chi connectivity index (χ0) is 24.9. The first-order valence-electron chi connectivity index (χ1n) is 13.0. The SMILES string of the molecule is CC(C)(Cl)Cl.CCN1CCC([Si](C)(C)C2CCN(CC)B2c2ccccc2)B1c1ccccc1. The van der Waals surface area contributed by atoms with Crippen molar-refractivity contribution in [2.45, 2.75) is 68.8 Å². The predicted octanol–water partition coefficient (Wildman–Crippen LogP) is 5.96. The largest absolute Gasteiger partial charge is 0.338 e. The van der Waals surface area contributed by atoms with Crippen molar-refractivity contribution in [2.24, 2.45) is 0 Å². The van der Waals surface area contributed by atoms with Gasteiger partial charge in [0.1, 0.15) is 4.33 Å². The third-order valence-corrected chi connectivity index (χ3v) is 13.0. The van der Waals surface area contributed by atoms with Crippen LogP contribution in [0.3, 0.4) is 0 Å². The molecule has 2 saturated heterocycles. The molecule has 0 amide bonds. The fourth-order valence-electron chi connectivity index (χ4n) is 6.44.